The highest BCUT2D eigenvalue weighted by atomic mass is 79.9. The van der Waals surface area contributed by atoms with Gasteiger partial charge in [-0.1, -0.05) is 18.2 Å². The number of hydrogen-bond donors (Lipinski definition) is 2. The standard InChI is InChI=1S/C21H16BrN5O/c1-27-18-11-14(28-13-5-3-2-4-6-13)7-8-15(18)24-21(27)25-17-12-23-16-9-10-19(22)26-20(16)17/h2-12,23H,1H3,(H,24,25). The number of para-hydroxylation sites is 1. The minimum Gasteiger partial charge on any atom is -0.457 e. The second-order valence-electron chi connectivity index (χ2n) is 6.42. The number of halogens is 1. The maximum Gasteiger partial charge on any atom is 0.208 e. The molecule has 7 heteroatoms. The first-order valence-electron chi connectivity index (χ1n) is 8.77. The van der Waals surface area contributed by atoms with Crippen molar-refractivity contribution in [3.63, 3.8) is 0 Å². The van der Waals surface area contributed by atoms with Crippen LogP contribution in [0.3, 0.4) is 0 Å². The molecule has 0 atom stereocenters. The minimum atomic E-state index is 0.731. The maximum atomic E-state index is 5.95. The van der Waals surface area contributed by atoms with Gasteiger partial charge in [-0.25, -0.2) is 9.97 Å². The molecule has 5 aromatic rings. The molecular weight excluding hydrogens is 418 g/mol. The lowest BCUT2D eigenvalue weighted by molar-refractivity contribution is 0.483. The molecule has 2 aromatic carbocycles. The number of nitrogens with one attached hydrogen (secondary N) is 2. The smallest absolute Gasteiger partial charge is 0.208 e. The molecule has 2 N–H and O–H groups in total. The first-order valence-corrected chi connectivity index (χ1v) is 9.57. The molecule has 0 fully saturated rings. The normalized spacial score (nSPS) is 11.2. The van der Waals surface area contributed by atoms with Crippen molar-refractivity contribution in [2.24, 2.45) is 7.05 Å². The number of H-pyrrole nitrogens is 1. The number of hydrogen-bond acceptors (Lipinski definition) is 4. The predicted molar refractivity (Wildman–Crippen MR) is 114 cm³/mol. The molecule has 0 spiro atoms. The number of aryl methyl sites for hydroxylation is 1. The van der Waals surface area contributed by atoms with Crippen molar-refractivity contribution < 1.29 is 4.74 Å². The lowest BCUT2D eigenvalue weighted by atomic mass is 10.3. The van der Waals surface area contributed by atoms with Crippen molar-refractivity contribution >= 4 is 49.6 Å². The average Bonchev–Trinajstić information content (AvgIpc) is 3.24. The average molecular weight is 434 g/mol. The Hall–Kier alpha value is -3.32. The monoisotopic (exact) mass is 433 g/mol. The van der Waals surface area contributed by atoms with Crippen LogP contribution in [0.25, 0.3) is 22.1 Å². The summed E-state index contributed by atoms with van der Waals surface area (Å²) < 4.78 is 8.74. The molecule has 0 amide bonds. The van der Waals surface area contributed by atoms with E-state index in [9.17, 15) is 0 Å². The molecule has 0 bridgehead atoms. The highest BCUT2D eigenvalue weighted by Crippen LogP contribution is 2.30. The van der Waals surface area contributed by atoms with Gasteiger partial charge in [0.2, 0.25) is 5.95 Å². The number of pyridine rings is 1. The number of aromatic nitrogens is 4. The fourth-order valence-electron chi connectivity index (χ4n) is 3.16. The van der Waals surface area contributed by atoms with E-state index < -0.39 is 0 Å². The molecule has 6 nitrogen and oxygen atoms in total. The Morgan fingerprint density at radius 3 is 2.71 bits per heavy atom. The molecule has 0 unspecified atom stereocenters. The summed E-state index contributed by atoms with van der Waals surface area (Å²) in [6.45, 7) is 0. The molecule has 138 valence electrons. The van der Waals surface area contributed by atoms with Crippen LogP contribution >= 0.6 is 15.9 Å². The van der Waals surface area contributed by atoms with E-state index in [0.717, 1.165) is 49.8 Å². The van der Waals surface area contributed by atoms with E-state index in [1.165, 1.54) is 0 Å². The first kappa shape index (κ1) is 16.8. The van der Waals surface area contributed by atoms with Gasteiger partial charge in [-0.15, -0.1) is 0 Å². The highest BCUT2D eigenvalue weighted by molar-refractivity contribution is 9.10. The molecule has 28 heavy (non-hydrogen) atoms. The molecule has 3 heterocycles. The molecule has 0 aliphatic heterocycles. The Bertz CT molecular complexity index is 1290. The summed E-state index contributed by atoms with van der Waals surface area (Å²) in [4.78, 5) is 12.5. The van der Waals surface area contributed by atoms with E-state index >= 15 is 0 Å². The Kier molecular flexibility index (Phi) is 4.02. The molecule has 0 radical (unpaired) electrons. The van der Waals surface area contributed by atoms with Gasteiger partial charge < -0.3 is 19.6 Å². The summed E-state index contributed by atoms with van der Waals surface area (Å²) >= 11 is 3.43. The number of fused-ring (bicyclic) bond motifs is 2. The Morgan fingerprint density at radius 2 is 1.86 bits per heavy atom. The van der Waals surface area contributed by atoms with E-state index in [1.807, 2.05) is 78.5 Å². The van der Waals surface area contributed by atoms with E-state index in [-0.39, 0.29) is 0 Å². The third-order valence-electron chi connectivity index (χ3n) is 4.57. The van der Waals surface area contributed by atoms with Crippen molar-refractivity contribution in [3.8, 4) is 11.5 Å². The summed E-state index contributed by atoms with van der Waals surface area (Å²) in [7, 11) is 1.97. The van der Waals surface area contributed by atoms with Crippen LogP contribution in [0.15, 0.2) is 71.5 Å². The number of anilines is 2. The van der Waals surface area contributed by atoms with Crippen LogP contribution in [0.4, 0.5) is 11.6 Å². The quantitative estimate of drug-likeness (QED) is 0.354. The number of nitrogens with zero attached hydrogens (tertiary/aromatic N) is 3. The molecule has 0 aliphatic carbocycles. The van der Waals surface area contributed by atoms with Crippen molar-refractivity contribution in [1.29, 1.82) is 0 Å². The summed E-state index contributed by atoms with van der Waals surface area (Å²) in [6.07, 6.45) is 1.90. The molecule has 0 aliphatic rings. The number of imidazole rings is 1. The number of ether oxygens (including phenoxy) is 1. The van der Waals surface area contributed by atoms with E-state index in [2.05, 4.69) is 31.2 Å². The lowest BCUT2D eigenvalue weighted by Gasteiger charge is -2.06. The Balaban J connectivity index is 1.50. The van der Waals surface area contributed by atoms with Crippen molar-refractivity contribution in [2.75, 3.05) is 5.32 Å². The van der Waals surface area contributed by atoms with Crippen LogP contribution in [-0.2, 0) is 7.05 Å². The predicted octanol–water partition coefficient (Wildman–Crippen LogP) is 5.75. The van der Waals surface area contributed by atoms with Gasteiger partial charge in [0.15, 0.2) is 0 Å². The van der Waals surface area contributed by atoms with Crippen LogP contribution < -0.4 is 10.1 Å². The van der Waals surface area contributed by atoms with Crippen LogP contribution in [0.1, 0.15) is 0 Å². The summed E-state index contributed by atoms with van der Waals surface area (Å²) in [5.41, 5.74) is 4.55. The number of benzene rings is 2. The molecule has 5 rings (SSSR count). The van der Waals surface area contributed by atoms with Gasteiger partial charge in [0.05, 0.1) is 22.2 Å². The fraction of sp³-hybridized carbons (Fsp3) is 0.0476. The molecular formula is C21H16BrN5O. The number of aromatic amines is 1. The maximum absolute atomic E-state index is 5.95. The van der Waals surface area contributed by atoms with Crippen LogP contribution in [0.2, 0.25) is 0 Å². The van der Waals surface area contributed by atoms with Crippen LogP contribution in [0, 0.1) is 0 Å². The summed E-state index contributed by atoms with van der Waals surface area (Å²) in [6, 6.07) is 19.5. The second kappa shape index (κ2) is 6.69. The third kappa shape index (κ3) is 2.99. The third-order valence-corrected chi connectivity index (χ3v) is 5.01. The molecule has 0 saturated heterocycles. The fourth-order valence-corrected chi connectivity index (χ4v) is 3.47. The first-order chi connectivity index (χ1) is 13.7. The highest BCUT2D eigenvalue weighted by Gasteiger charge is 2.12. The van der Waals surface area contributed by atoms with Gasteiger partial charge in [-0.2, -0.15) is 0 Å². The largest absolute Gasteiger partial charge is 0.457 e. The SMILES string of the molecule is Cn1c(Nc2c[nH]c3ccc(Br)nc23)nc2ccc(Oc3ccccc3)cc21. The van der Waals surface area contributed by atoms with E-state index in [0.29, 0.717) is 0 Å². The lowest BCUT2D eigenvalue weighted by Crippen LogP contribution is -1.99. The van der Waals surface area contributed by atoms with Crippen molar-refractivity contribution in [3.05, 3.63) is 71.5 Å². The zero-order valence-electron chi connectivity index (χ0n) is 15.0. The van der Waals surface area contributed by atoms with Gasteiger partial charge >= 0.3 is 0 Å². The Labute approximate surface area is 169 Å². The zero-order valence-corrected chi connectivity index (χ0v) is 16.6. The van der Waals surface area contributed by atoms with Crippen molar-refractivity contribution in [1.82, 2.24) is 19.5 Å². The number of rotatable bonds is 4. The van der Waals surface area contributed by atoms with Crippen LogP contribution in [-0.4, -0.2) is 19.5 Å². The van der Waals surface area contributed by atoms with Gasteiger partial charge in [-0.3, -0.25) is 0 Å². The summed E-state index contributed by atoms with van der Waals surface area (Å²) in [5, 5.41) is 3.38. The molecule has 3 aromatic heterocycles. The van der Waals surface area contributed by atoms with E-state index in [4.69, 9.17) is 9.72 Å². The van der Waals surface area contributed by atoms with Crippen LogP contribution in [0.5, 0.6) is 11.5 Å². The summed E-state index contributed by atoms with van der Waals surface area (Å²) in [5.74, 6) is 2.30. The second-order valence-corrected chi connectivity index (χ2v) is 7.23. The Morgan fingerprint density at radius 1 is 1.00 bits per heavy atom. The van der Waals surface area contributed by atoms with Gasteiger partial charge in [0, 0.05) is 19.3 Å². The van der Waals surface area contributed by atoms with Crippen molar-refractivity contribution in [2.45, 2.75) is 0 Å². The van der Waals surface area contributed by atoms with Gasteiger partial charge in [-0.05, 0) is 52.3 Å². The van der Waals surface area contributed by atoms with E-state index in [1.54, 1.807) is 0 Å². The molecule has 0 saturated carbocycles. The topological polar surface area (TPSA) is 67.8 Å². The van der Waals surface area contributed by atoms with Gasteiger partial charge in [0.1, 0.15) is 21.6 Å². The minimum absolute atomic E-state index is 0.731. The zero-order chi connectivity index (χ0) is 19.1. The van der Waals surface area contributed by atoms with Gasteiger partial charge in [0.25, 0.3) is 0 Å².